The predicted molar refractivity (Wildman–Crippen MR) is 87.4 cm³/mol. The lowest BCUT2D eigenvalue weighted by Crippen LogP contribution is -2.57. The summed E-state index contributed by atoms with van der Waals surface area (Å²) >= 11 is 0. The molecule has 1 fully saturated rings. The number of rotatable bonds is 6. The van der Waals surface area contributed by atoms with E-state index in [2.05, 4.69) is 6.58 Å². The number of hydrogen-bond acceptors (Lipinski definition) is 3. The molecule has 2 rings (SSSR count). The number of hydrogen-bond donors (Lipinski definition) is 1. The standard InChI is InChI=1S/C19H26O3/c1-3-12-19(21)14-9-8-13-18(19,17(20)22-4-2)15-16-10-6-5-7-11-16/h3,5-7,10-11,21H,1,4,8-9,12-15H2,2H3/t18-,19-/m1/s1. The minimum Gasteiger partial charge on any atom is -0.465 e. The second-order valence-corrected chi connectivity index (χ2v) is 6.20. The molecule has 0 saturated heterocycles. The molecule has 1 aromatic carbocycles. The van der Waals surface area contributed by atoms with Crippen LogP contribution < -0.4 is 0 Å². The molecule has 1 N–H and O–H groups in total. The number of esters is 1. The molecule has 0 amide bonds. The molecule has 1 aliphatic rings. The summed E-state index contributed by atoms with van der Waals surface area (Å²) < 4.78 is 5.37. The van der Waals surface area contributed by atoms with Crippen molar-refractivity contribution < 1.29 is 14.6 Å². The molecule has 2 atom stereocenters. The average molecular weight is 302 g/mol. The Morgan fingerprint density at radius 2 is 2.00 bits per heavy atom. The molecule has 120 valence electrons. The molecule has 0 radical (unpaired) electrons. The zero-order valence-electron chi connectivity index (χ0n) is 13.4. The van der Waals surface area contributed by atoms with Gasteiger partial charge in [0, 0.05) is 0 Å². The molecule has 3 nitrogen and oxygen atoms in total. The van der Waals surface area contributed by atoms with Gasteiger partial charge in [0.25, 0.3) is 0 Å². The highest BCUT2D eigenvalue weighted by atomic mass is 16.5. The van der Waals surface area contributed by atoms with E-state index in [1.807, 2.05) is 37.3 Å². The number of carbonyl (C=O) groups excluding carboxylic acids is 1. The Hall–Kier alpha value is -1.61. The summed E-state index contributed by atoms with van der Waals surface area (Å²) in [4.78, 5) is 12.8. The quantitative estimate of drug-likeness (QED) is 0.644. The van der Waals surface area contributed by atoms with Gasteiger partial charge in [0.15, 0.2) is 0 Å². The highest BCUT2D eigenvalue weighted by molar-refractivity contribution is 5.79. The van der Waals surface area contributed by atoms with Gasteiger partial charge in [-0.2, -0.15) is 0 Å². The lowest BCUT2D eigenvalue weighted by Gasteiger charge is -2.48. The monoisotopic (exact) mass is 302 g/mol. The number of benzene rings is 1. The largest absolute Gasteiger partial charge is 0.465 e. The summed E-state index contributed by atoms with van der Waals surface area (Å²) in [6.07, 6.45) is 5.78. The van der Waals surface area contributed by atoms with E-state index in [1.54, 1.807) is 6.08 Å². The topological polar surface area (TPSA) is 46.5 Å². The Bertz CT molecular complexity index is 511. The first kappa shape index (κ1) is 16.8. The Balaban J connectivity index is 2.43. The fraction of sp³-hybridized carbons (Fsp3) is 0.526. The van der Waals surface area contributed by atoms with Crippen LogP contribution in [0.15, 0.2) is 43.0 Å². The van der Waals surface area contributed by atoms with Crippen molar-refractivity contribution in [2.75, 3.05) is 6.61 Å². The lowest BCUT2D eigenvalue weighted by molar-refractivity contribution is -0.183. The molecule has 22 heavy (non-hydrogen) atoms. The van der Waals surface area contributed by atoms with Crippen molar-refractivity contribution in [3.63, 3.8) is 0 Å². The van der Waals surface area contributed by atoms with Gasteiger partial charge in [0.1, 0.15) is 5.41 Å². The Kier molecular flexibility index (Phi) is 5.41. The average Bonchev–Trinajstić information content (AvgIpc) is 2.51. The van der Waals surface area contributed by atoms with Gasteiger partial charge in [-0.3, -0.25) is 4.79 Å². The van der Waals surface area contributed by atoms with Crippen LogP contribution in [-0.2, 0) is 16.0 Å². The SMILES string of the molecule is C=CC[C@@]1(O)CCCC[C@@]1(Cc1ccccc1)C(=O)OCC. The van der Waals surface area contributed by atoms with Crippen LogP contribution in [0.5, 0.6) is 0 Å². The van der Waals surface area contributed by atoms with Crippen LogP contribution in [0.2, 0.25) is 0 Å². The number of ether oxygens (including phenoxy) is 1. The van der Waals surface area contributed by atoms with E-state index in [-0.39, 0.29) is 5.97 Å². The van der Waals surface area contributed by atoms with Gasteiger partial charge in [-0.05, 0) is 38.2 Å². The van der Waals surface area contributed by atoms with E-state index in [4.69, 9.17) is 4.74 Å². The van der Waals surface area contributed by atoms with Crippen LogP contribution in [0, 0.1) is 5.41 Å². The lowest BCUT2D eigenvalue weighted by atomic mass is 9.59. The third kappa shape index (κ3) is 3.09. The van der Waals surface area contributed by atoms with Crippen molar-refractivity contribution in [3.05, 3.63) is 48.6 Å². The zero-order chi connectivity index (χ0) is 16.1. The first-order valence-corrected chi connectivity index (χ1v) is 8.12. The maximum Gasteiger partial charge on any atom is 0.315 e. The molecule has 3 heteroatoms. The van der Waals surface area contributed by atoms with Gasteiger partial charge in [-0.25, -0.2) is 0 Å². The van der Waals surface area contributed by atoms with Gasteiger partial charge < -0.3 is 9.84 Å². The van der Waals surface area contributed by atoms with Gasteiger partial charge in [-0.1, -0.05) is 49.2 Å². The molecule has 0 heterocycles. The Morgan fingerprint density at radius 3 is 2.64 bits per heavy atom. The normalized spacial score (nSPS) is 28.1. The number of carbonyl (C=O) groups is 1. The third-order valence-electron chi connectivity index (χ3n) is 4.83. The molecular weight excluding hydrogens is 276 g/mol. The van der Waals surface area contributed by atoms with Crippen LogP contribution in [-0.4, -0.2) is 23.3 Å². The van der Waals surface area contributed by atoms with Crippen molar-refractivity contribution in [1.29, 1.82) is 0 Å². The molecule has 1 aromatic rings. The van der Waals surface area contributed by atoms with Crippen LogP contribution in [0.4, 0.5) is 0 Å². The zero-order valence-corrected chi connectivity index (χ0v) is 13.4. The minimum atomic E-state index is -1.07. The molecule has 1 aliphatic carbocycles. The van der Waals surface area contributed by atoms with Crippen molar-refractivity contribution in [2.24, 2.45) is 5.41 Å². The van der Waals surface area contributed by atoms with E-state index in [0.29, 0.717) is 32.3 Å². The molecule has 0 bridgehead atoms. The van der Waals surface area contributed by atoms with E-state index in [1.165, 1.54) is 0 Å². The highest BCUT2D eigenvalue weighted by Crippen LogP contribution is 2.49. The fourth-order valence-electron chi connectivity index (χ4n) is 3.68. The molecule has 0 aromatic heterocycles. The van der Waals surface area contributed by atoms with Crippen LogP contribution >= 0.6 is 0 Å². The van der Waals surface area contributed by atoms with Gasteiger partial charge in [0.2, 0.25) is 0 Å². The summed E-state index contributed by atoms with van der Waals surface area (Å²) in [6.45, 7) is 5.91. The first-order chi connectivity index (χ1) is 10.6. The molecule has 0 spiro atoms. The summed E-state index contributed by atoms with van der Waals surface area (Å²) in [6, 6.07) is 9.89. The van der Waals surface area contributed by atoms with Crippen LogP contribution in [0.1, 0.15) is 44.6 Å². The number of aliphatic hydroxyl groups is 1. The predicted octanol–water partition coefficient (Wildman–Crippen LogP) is 3.66. The Morgan fingerprint density at radius 1 is 1.32 bits per heavy atom. The van der Waals surface area contributed by atoms with E-state index in [9.17, 15) is 9.90 Å². The van der Waals surface area contributed by atoms with Crippen LogP contribution in [0.25, 0.3) is 0 Å². The first-order valence-electron chi connectivity index (χ1n) is 8.12. The van der Waals surface area contributed by atoms with Crippen molar-refractivity contribution in [3.8, 4) is 0 Å². The summed E-state index contributed by atoms with van der Waals surface area (Å²) in [5.74, 6) is -0.275. The highest BCUT2D eigenvalue weighted by Gasteiger charge is 2.56. The molecule has 0 unspecified atom stereocenters. The van der Waals surface area contributed by atoms with E-state index < -0.39 is 11.0 Å². The maximum absolute atomic E-state index is 12.8. The molecule has 0 aliphatic heterocycles. The van der Waals surface area contributed by atoms with E-state index >= 15 is 0 Å². The second kappa shape index (κ2) is 7.10. The van der Waals surface area contributed by atoms with Crippen molar-refractivity contribution >= 4 is 5.97 Å². The van der Waals surface area contributed by atoms with E-state index in [0.717, 1.165) is 18.4 Å². The van der Waals surface area contributed by atoms with Gasteiger partial charge in [-0.15, -0.1) is 6.58 Å². The van der Waals surface area contributed by atoms with Gasteiger partial charge in [0.05, 0.1) is 12.2 Å². The fourth-order valence-corrected chi connectivity index (χ4v) is 3.68. The van der Waals surface area contributed by atoms with Crippen molar-refractivity contribution in [1.82, 2.24) is 0 Å². The Labute approximate surface area is 133 Å². The third-order valence-corrected chi connectivity index (χ3v) is 4.83. The van der Waals surface area contributed by atoms with Crippen LogP contribution in [0.3, 0.4) is 0 Å². The summed E-state index contributed by atoms with van der Waals surface area (Å²) in [7, 11) is 0. The summed E-state index contributed by atoms with van der Waals surface area (Å²) in [5, 5.41) is 11.3. The maximum atomic E-state index is 12.8. The smallest absolute Gasteiger partial charge is 0.315 e. The molecule has 1 saturated carbocycles. The summed E-state index contributed by atoms with van der Waals surface area (Å²) in [5.41, 5.74) is -0.897. The second-order valence-electron chi connectivity index (χ2n) is 6.20. The van der Waals surface area contributed by atoms with Crippen molar-refractivity contribution in [2.45, 2.75) is 51.0 Å². The minimum absolute atomic E-state index is 0.275. The molecular formula is C19H26O3. The van der Waals surface area contributed by atoms with Gasteiger partial charge >= 0.3 is 5.97 Å².